The summed E-state index contributed by atoms with van der Waals surface area (Å²) < 4.78 is 35.2. The van der Waals surface area contributed by atoms with Gasteiger partial charge in [-0.1, -0.05) is 65.8 Å². The van der Waals surface area contributed by atoms with E-state index in [0.717, 1.165) is 11.3 Å². The largest absolute Gasteiger partial charge is 0.457 e. The van der Waals surface area contributed by atoms with Gasteiger partial charge in [-0.15, -0.1) is 11.3 Å². The van der Waals surface area contributed by atoms with Gasteiger partial charge < -0.3 is 38.6 Å². The Hall–Kier alpha value is -7.92. The molecule has 0 radical (unpaired) electrons. The lowest BCUT2D eigenvalue weighted by Gasteiger charge is -2.35. The highest BCUT2D eigenvalue weighted by Gasteiger charge is 2.66. The van der Waals surface area contributed by atoms with Crippen LogP contribution in [-0.4, -0.2) is 115 Å². The molecular weight excluding hydrogens is 985 g/mol. The van der Waals surface area contributed by atoms with Gasteiger partial charge in [0.15, 0.2) is 22.3 Å². The molecule has 1 saturated carbocycles. The number of fused-ring (bicyclic) bond motifs is 2. The smallest absolute Gasteiger partial charge is 0.413 e. The average Bonchev–Trinajstić information content (AvgIpc) is 3.63. The zero-order valence-corrected chi connectivity index (χ0v) is 42.5. The number of anilines is 1. The summed E-state index contributed by atoms with van der Waals surface area (Å²) in [5.74, 6) is -8.59. The van der Waals surface area contributed by atoms with Crippen molar-refractivity contribution in [2.45, 2.75) is 128 Å². The van der Waals surface area contributed by atoms with Crippen LogP contribution >= 0.6 is 11.3 Å². The monoisotopic (exact) mass is 1040 g/mol. The highest BCUT2D eigenvalue weighted by Crippen LogP contribution is 2.50. The Balaban J connectivity index is 0.969. The molecule has 2 N–H and O–H groups in total. The Morgan fingerprint density at radius 1 is 0.743 bits per heavy atom. The van der Waals surface area contributed by atoms with Crippen LogP contribution in [0.2, 0.25) is 0 Å². The van der Waals surface area contributed by atoms with Crippen LogP contribution in [-0.2, 0) is 58.4 Å². The molecule has 22 nitrogen and oxygen atoms in total. The quantitative estimate of drug-likeness (QED) is 0.0569. The predicted molar refractivity (Wildman–Crippen MR) is 257 cm³/mol. The van der Waals surface area contributed by atoms with Crippen LogP contribution in [0.5, 0.6) is 11.5 Å². The minimum absolute atomic E-state index is 0.0108. The van der Waals surface area contributed by atoms with Crippen molar-refractivity contribution in [3.8, 4) is 11.5 Å². The van der Waals surface area contributed by atoms with Crippen molar-refractivity contribution in [2.24, 2.45) is 5.16 Å². The van der Waals surface area contributed by atoms with Gasteiger partial charge in [-0.2, -0.15) is 5.06 Å². The summed E-state index contributed by atoms with van der Waals surface area (Å²) in [7, 11) is 0. The first-order valence-electron chi connectivity index (χ1n) is 23.5. The maximum atomic E-state index is 14.5. The number of rotatable bonds is 12. The van der Waals surface area contributed by atoms with E-state index in [4.69, 9.17) is 38.1 Å². The fourth-order valence-electron chi connectivity index (χ4n) is 8.29. The maximum absolute atomic E-state index is 14.5. The average molecular weight is 1040 g/mol. The first-order valence-corrected chi connectivity index (χ1v) is 24.3. The molecule has 74 heavy (non-hydrogen) atoms. The number of nitrogens with one attached hydrogen (secondary N) is 2. The minimum Gasteiger partial charge on any atom is -0.457 e. The second-order valence-corrected chi connectivity index (χ2v) is 21.8. The van der Waals surface area contributed by atoms with Gasteiger partial charge in [0, 0.05) is 29.3 Å². The van der Waals surface area contributed by atoms with E-state index in [1.165, 1.54) is 38.3 Å². The number of amides is 5. The van der Waals surface area contributed by atoms with Gasteiger partial charge in [0.1, 0.15) is 41.2 Å². The van der Waals surface area contributed by atoms with E-state index in [-0.39, 0.29) is 46.3 Å². The van der Waals surface area contributed by atoms with Gasteiger partial charge in [-0.25, -0.2) is 24.2 Å². The zero-order chi connectivity index (χ0) is 53.3. The molecular formula is C51H52N6O16S. The summed E-state index contributed by atoms with van der Waals surface area (Å²) >= 11 is 0.896. The number of esters is 3. The molecule has 0 bridgehead atoms. The van der Waals surface area contributed by atoms with E-state index in [0.29, 0.717) is 21.1 Å². The van der Waals surface area contributed by atoms with Gasteiger partial charge >= 0.3 is 35.5 Å². The van der Waals surface area contributed by atoms with E-state index in [2.05, 4.69) is 20.8 Å². The number of hydrogen-bond donors (Lipinski definition) is 2. The Bertz CT molecular complexity index is 2940. The predicted octanol–water partition coefficient (Wildman–Crippen LogP) is 5.67. The normalized spacial score (nSPS) is 21.7. The number of carbonyl (C=O) groups excluding carboxylic acids is 8. The summed E-state index contributed by atoms with van der Waals surface area (Å²) in [5.41, 5.74) is -6.99. The highest BCUT2D eigenvalue weighted by atomic mass is 32.1. The second kappa shape index (κ2) is 18.2. The van der Waals surface area contributed by atoms with Gasteiger partial charge in [0.25, 0.3) is 23.6 Å². The third-order valence-electron chi connectivity index (χ3n) is 11.7. The lowest BCUT2D eigenvalue weighted by Crippen LogP contribution is -2.59. The van der Waals surface area contributed by atoms with Crippen LogP contribution in [0.4, 0.5) is 9.93 Å². The van der Waals surface area contributed by atoms with E-state index >= 15 is 0 Å². The van der Waals surface area contributed by atoms with Crippen LogP contribution in [0, 0.1) is 0 Å². The van der Waals surface area contributed by atoms with Crippen molar-refractivity contribution in [3.63, 3.8) is 0 Å². The molecule has 1 aromatic heterocycles. The molecule has 3 fully saturated rings. The first kappa shape index (κ1) is 51.0. The number of benzene rings is 3. The SMILES string of the molecule is CC(C)(C)OC(=O)Nc1nc(/C(=N/OC2(C(=O)OC(C)(C)C)CC2)C(=O)N[C@H]2CON(C3(C(=O)OC(C)(C)C)C[C@H](N4C(=O)c5cc6c(cc5C4=O)OC(c4ccccc4)(c4ccccc4)O6)C(=O)O3)C2=O)cs1. The molecule has 3 atom stereocenters. The van der Waals surface area contributed by atoms with Gasteiger partial charge in [0.05, 0.1) is 17.5 Å². The molecule has 1 unspecified atom stereocenters. The van der Waals surface area contributed by atoms with Crippen LogP contribution in [0.3, 0.4) is 0 Å². The number of oxime groups is 1. The summed E-state index contributed by atoms with van der Waals surface area (Å²) in [6, 6.07) is 17.4. The Kier molecular flexibility index (Phi) is 12.6. The van der Waals surface area contributed by atoms with Crippen molar-refractivity contribution in [3.05, 3.63) is 106 Å². The van der Waals surface area contributed by atoms with Crippen molar-refractivity contribution in [2.75, 3.05) is 11.9 Å². The van der Waals surface area contributed by atoms with Crippen molar-refractivity contribution < 1.29 is 76.5 Å². The third-order valence-corrected chi connectivity index (χ3v) is 12.5. The Morgan fingerprint density at radius 3 is 1.81 bits per heavy atom. The first-order chi connectivity index (χ1) is 34.7. The molecule has 0 spiro atoms. The lowest BCUT2D eigenvalue weighted by molar-refractivity contribution is -0.263. The third kappa shape index (κ3) is 9.71. The number of cyclic esters (lactones) is 1. The van der Waals surface area contributed by atoms with E-state index in [1.54, 1.807) is 41.5 Å². The van der Waals surface area contributed by atoms with E-state index in [9.17, 15) is 38.4 Å². The van der Waals surface area contributed by atoms with E-state index < -0.39 is 112 Å². The molecule has 388 valence electrons. The number of imide groups is 1. The summed E-state index contributed by atoms with van der Waals surface area (Å²) in [5, 5.41) is 10.8. The second-order valence-electron chi connectivity index (χ2n) is 21.0. The van der Waals surface area contributed by atoms with Crippen LogP contribution < -0.4 is 20.1 Å². The minimum atomic E-state index is -2.75. The summed E-state index contributed by atoms with van der Waals surface area (Å²) in [6.07, 6.45) is -1.29. The molecule has 5 heterocycles. The number of ether oxygens (including phenoxy) is 6. The summed E-state index contributed by atoms with van der Waals surface area (Å²) in [6.45, 7) is 13.9. The molecule has 5 amide bonds. The van der Waals surface area contributed by atoms with E-state index in [1.807, 2.05) is 60.7 Å². The molecule has 1 aliphatic carbocycles. The fraction of sp³-hybridized carbons (Fsp3) is 0.412. The highest BCUT2D eigenvalue weighted by molar-refractivity contribution is 7.14. The Morgan fingerprint density at radius 2 is 1.28 bits per heavy atom. The number of hydroxylamine groups is 2. The molecule has 9 rings (SSSR count). The van der Waals surface area contributed by atoms with Gasteiger partial charge in [0.2, 0.25) is 5.60 Å². The van der Waals surface area contributed by atoms with Crippen molar-refractivity contribution in [1.82, 2.24) is 20.3 Å². The number of hydrogen-bond acceptors (Lipinski definition) is 19. The van der Waals surface area contributed by atoms with Crippen molar-refractivity contribution >= 4 is 69.8 Å². The molecule has 5 aliphatic rings. The number of thiazole rings is 1. The van der Waals surface area contributed by atoms with Crippen LogP contribution in [0.15, 0.2) is 83.3 Å². The molecule has 4 aliphatic heterocycles. The van der Waals surface area contributed by atoms with Crippen molar-refractivity contribution in [1.29, 1.82) is 0 Å². The van der Waals surface area contributed by atoms with Gasteiger partial charge in [-0.3, -0.25) is 34.2 Å². The molecule has 4 aromatic rings. The number of carbonyl (C=O) groups is 8. The number of aromatic nitrogens is 1. The lowest BCUT2D eigenvalue weighted by atomic mass is 9.97. The van der Waals surface area contributed by atoms with Crippen LogP contribution in [0.1, 0.15) is 119 Å². The molecule has 23 heteroatoms. The molecule has 3 aromatic carbocycles. The fourth-order valence-corrected chi connectivity index (χ4v) is 8.97. The number of nitrogens with zero attached hydrogens (tertiary/aromatic N) is 4. The van der Waals surface area contributed by atoms with Crippen LogP contribution in [0.25, 0.3) is 0 Å². The molecule has 2 saturated heterocycles. The summed E-state index contributed by atoms with van der Waals surface area (Å²) in [4.78, 5) is 128. The standard InChI is InChI=1S/C51H52N6O16S/c1-46(2,3)70-42(63)49(20-21-49)73-55-36(32-26-74-44(53-32)54-45(65)72-48(7,8)9)37(58)52-31-25-66-57(40(31)61)50(43(64)71-47(4,5)6)24-33(41(62)69-50)56-38(59)29-22-34-35(23-30(29)39(56)60)68-51(67-34,27-16-12-10-13-17-27)28-18-14-11-15-19-28/h10-19,22-23,26,31,33H,20-21,24-25H2,1-9H3,(H,52,58)(H,53,54,65)/b55-36-/t31-,33-,50?/m0/s1. The van der Waals surface area contributed by atoms with Gasteiger partial charge in [-0.05, 0) is 74.4 Å². The zero-order valence-electron chi connectivity index (χ0n) is 41.7. The Labute approximate surface area is 427 Å². The maximum Gasteiger partial charge on any atom is 0.413 e. The topological polar surface area (TPSA) is 266 Å².